The summed E-state index contributed by atoms with van der Waals surface area (Å²) in [5, 5.41) is 5.81. The standard InChI is InChI=1S/C18H13ClF2N4O/c1-10-2-4-12(9-13(10)19)23-17(26)16-6-7-22-18(25-16)24-15-5-3-11(20)8-14(15)21/h2-9H,1H3,(H,23,26)(H,22,24,25). The number of aryl methyl sites for hydroxylation is 1. The first-order valence-corrected chi connectivity index (χ1v) is 7.93. The molecular formula is C18H13ClF2N4O. The van der Waals surface area contributed by atoms with Crippen LogP contribution in [-0.2, 0) is 0 Å². The van der Waals surface area contributed by atoms with Gasteiger partial charge in [-0.1, -0.05) is 17.7 Å². The highest BCUT2D eigenvalue weighted by Crippen LogP contribution is 2.21. The van der Waals surface area contributed by atoms with E-state index in [0.29, 0.717) is 10.7 Å². The van der Waals surface area contributed by atoms with Crippen molar-refractivity contribution in [1.82, 2.24) is 9.97 Å². The second kappa shape index (κ2) is 7.45. The molecule has 1 amide bonds. The number of hydrogen-bond donors (Lipinski definition) is 2. The molecule has 0 saturated carbocycles. The van der Waals surface area contributed by atoms with Gasteiger partial charge in [0.15, 0.2) is 0 Å². The number of benzene rings is 2. The van der Waals surface area contributed by atoms with Crippen LogP contribution < -0.4 is 10.6 Å². The molecule has 1 heterocycles. The van der Waals surface area contributed by atoms with Crippen molar-refractivity contribution in [3.8, 4) is 0 Å². The van der Waals surface area contributed by atoms with Crippen LogP contribution in [0.1, 0.15) is 16.1 Å². The summed E-state index contributed by atoms with van der Waals surface area (Å²) in [5.74, 6) is -1.96. The van der Waals surface area contributed by atoms with Gasteiger partial charge >= 0.3 is 0 Å². The van der Waals surface area contributed by atoms with E-state index in [9.17, 15) is 13.6 Å². The lowest BCUT2D eigenvalue weighted by Gasteiger charge is -2.09. The predicted octanol–water partition coefficient (Wildman–Crippen LogP) is 4.71. The molecule has 0 saturated heterocycles. The van der Waals surface area contributed by atoms with Crippen molar-refractivity contribution in [3.05, 3.63) is 76.6 Å². The molecule has 5 nitrogen and oxygen atoms in total. The number of nitrogens with one attached hydrogen (secondary N) is 2. The second-order valence-electron chi connectivity index (χ2n) is 5.43. The van der Waals surface area contributed by atoms with Crippen LogP contribution in [0.25, 0.3) is 0 Å². The fourth-order valence-corrected chi connectivity index (χ4v) is 2.30. The number of nitrogens with zero attached hydrogens (tertiary/aromatic N) is 2. The molecule has 8 heteroatoms. The average molecular weight is 375 g/mol. The monoisotopic (exact) mass is 374 g/mol. The zero-order valence-electron chi connectivity index (χ0n) is 13.6. The van der Waals surface area contributed by atoms with E-state index in [-0.39, 0.29) is 17.3 Å². The molecule has 132 valence electrons. The topological polar surface area (TPSA) is 66.9 Å². The quantitative estimate of drug-likeness (QED) is 0.694. The summed E-state index contributed by atoms with van der Waals surface area (Å²) in [6, 6.07) is 9.59. The number of anilines is 3. The molecule has 2 N–H and O–H groups in total. The molecule has 0 unspecified atom stereocenters. The van der Waals surface area contributed by atoms with E-state index in [2.05, 4.69) is 20.6 Å². The Labute approximate surface area is 153 Å². The molecule has 0 spiro atoms. The second-order valence-corrected chi connectivity index (χ2v) is 5.84. The average Bonchev–Trinajstić information content (AvgIpc) is 2.61. The first kappa shape index (κ1) is 17.8. The first-order chi connectivity index (χ1) is 12.4. The molecule has 0 aliphatic heterocycles. The number of hydrogen-bond acceptors (Lipinski definition) is 4. The normalized spacial score (nSPS) is 10.5. The van der Waals surface area contributed by atoms with Gasteiger partial charge in [-0.2, -0.15) is 0 Å². The Morgan fingerprint density at radius 2 is 1.92 bits per heavy atom. The van der Waals surface area contributed by atoms with Crippen molar-refractivity contribution in [2.45, 2.75) is 6.92 Å². The Hall–Kier alpha value is -3.06. The highest BCUT2D eigenvalue weighted by molar-refractivity contribution is 6.31. The zero-order chi connectivity index (χ0) is 18.7. The molecule has 0 bridgehead atoms. The lowest BCUT2D eigenvalue weighted by molar-refractivity contribution is 0.102. The van der Waals surface area contributed by atoms with Crippen molar-refractivity contribution >= 4 is 34.8 Å². The van der Waals surface area contributed by atoms with Gasteiger partial charge in [0, 0.05) is 23.0 Å². The minimum Gasteiger partial charge on any atom is -0.322 e. The SMILES string of the molecule is Cc1ccc(NC(=O)c2ccnc(Nc3ccc(F)cc3F)n2)cc1Cl. The van der Waals surface area contributed by atoms with Crippen molar-refractivity contribution in [1.29, 1.82) is 0 Å². The molecule has 0 aliphatic carbocycles. The molecule has 0 atom stereocenters. The Balaban J connectivity index is 1.77. The molecule has 3 rings (SSSR count). The van der Waals surface area contributed by atoms with Crippen molar-refractivity contribution in [2.24, 2.45) is 0 Å². The van der Waals surface area contributed by atoms with Gasteiger partial charge < -0.3 is 10.6 Å². The fraction of sp³-hybridized carbons (Fsp3) is 0.0556. The van der Waals surface area contributed by atoms with Gasteiger partial charge in [0.25, 0.3) is 5.91 Å². The molecule has 0 radical (unpaired) electrons. The molecule has 26 heavy (non-hydrogen) atoms. The number of halogens is 3. The van der Waals surface area contributed by atoms with Gasteiger partial charge in [-0.25, -0.2) is 18.7 Å². The van der Waals surface area contributed by atoms with E-state index in [0.717, 1.165) is 17.7 Å². The maximum atomic E-state index is 13.7. The van der Waals surface area contributed by atoms with Gasteiger partial charge in [-0.05, 0) is 42.8 Å². The Morgan fingerprint density at radius 3 is 2.65 bits per heavy atom. The summed E-state index contributed by atoms with van der Waals surface area (Å²) >= 11 is 6.04. The third-order valence-corrected chi connectivity index (χ3v) is 3.90. The van der Waals surface area contributed by atoms with Crippen LogP contribution in [0.2, 0.25) is 5.02 Å². The van der Waals surface area contributed by atoms with Crippen LogP contribution >= 0.6 is 11.6 Å². The maximum Gasteiger partial charge on any atom is 0.274 e. The smallest absolute Gasteiger partial charge is 0.274 e. The number of amides is 1. The summed E-state index contributed by atoms with van der Waals surface area (Å²) in [7, 11) is 0. The van der Waals surface area contributed by atoms with E-state index in [1.807, 2.05) is 6.92 Å². The highest BCUT2D eigenvalue weighted by atomic mass is 35.5. The van der Waals surface area contributed by atoms with Crippen LogP contribution in [0, 0.1) is 18.6 Å². The zero-order valence-corrected chi connectivity index (χ0v) is 14.3. The van der Waals surface area contributed by atoms with E-state index < -0.39 is 17.5 Å². The number of carbonyl (C=O) groups excluding carboxylic acids is 1. The van der Waals surface area contributed by atoms with E-state index in [1.165, 1.54) is 18.3 Å². The van der Waals surface area contributed by atoms with Crippen LogP contribution in [0.3, 0.4) is 0 Å². The van der Waals surface area contributed by atoms with Gasteiger partial charge in [0.05, 0.1) is 5.69 Å². The van der Waals surface area contributed by atoms with Crippen LogP contribution in [-0.4, -0.2) is 15.9 Å². The van der Waals surface area contributed by atoms with Crippen molar-refractivity contribution in [3.63, 3.8) is 0 Å². The third-order valence-electron chi connectivity index (χ3n) is 3.50. The Morgan fingerprint density at radius 1 is 1.12 bits per heavy atom. The van der Waals surface area contributed by atoms with Gasteiger partial charge in [-0.3, -0.25) is 4.79 Å². The summed E-state index contributed by atoms with van der Waals surface area (Å²) < 4.78 is 26.7. The number of rotatable bonds is 4. The van der Waals surface area contributed by atoms with Crippen LogP contribution in [0.4, 0.5) is 26.1 Å². The minimum absolute atomic E-state index is 0.00472. The number of carbonyl (C=O) groups is 1. The molecule has 0 aliphatic rings. The molecular weight excluding hydrogens is 362 g/mol. The fourth-order valence-electron chi connectivity index (χ4n) is 2.12. The summed E-state index contributed by atoms with van der Waals surface area (Å²) in [6.45, 7) is 1.85. The lowest BCUT2D eigenvalue weighted by atomic mass is 10.2. The van der Waals surface area contributed by atoms with E-state index in [1.54, 1.807) is 18.2 Å². The van der Waals surface area contributed by atoms with Crippen molar-refractivity contribution in [2.75, 3.05) is 10.6 Å². The summed E-state index contributed by atoms with van der Waals surface area (Å²) in [5.41, 5.74) is 1.47. The summed E-state index contributed by atoms with van der Waals surface area (Å²) in [4.78, 5) is 20.3. The van der Waals surface area contributed by atoms with Gasteiger partial charge in [0.1, 0.15) is 17.3 Å². The Bertz CT molecular complexity index is 981. The summed E-state index contributed by atoms with van der Waals surface area (Å²) in [6.07, 6.45) is 1.35. The molecule has 0 fully saturated rings. The molecule has 1 aromatic heterocycles. The minimum atomic E-state index is -0.794. The predicted molar refractivity (Wildman–Crippen MR) is 95.8 cm³/mol. The highest BCUT2D eigenvalue weighted by Gasteiger charge is 2.11. The Kier molecular flexibility index (Phi) is 5.09. The maximum absolute atomic E-state index is 13.7. The molecule has 2 aromatic carbocycles. The van der Waals surface area contributed by atoms with Crippen molar-refractivity contribution < 1.29 is 13.6 Å². The lowest BCUT2D eigenvalue weighted by Crippen LogP contribution is -2.15. The van der Waals surface area contributed by atoms with E-state index in [4.69, 9.17) is 11.6 Å². The number of aromatic nitrogens is 2. The van der Waals surface area contributed by atoms with Crippen LogP contribution in [0.15, 0.2) is 48.7 Å². The molecule has 3 aromatic rings. The largest absolute Gasteiger partial charge is 0.322 e. The third kappa shape index (κ3) is 4.12. The van der Waals surface area contributed by atoms with Gasteiger partial charge in [-0.15, -0.1) is 0 Å². The van der Waals surface area contributed by atoms with Crippen LogP contribution in [0.5, 0.6) is 0 Å². The van der Waals surface area contributed by atoms with E-state index >= 15 is 0 Å². The first-order valence-electron chi connectivity index (χ1n) is 7.55. The van der Waals surface area contributed by atoms with Gasteiger partial charge in [0.2, 0.25) is 5.95 Å².